The van der Waals surface area contributed by atoms with Crippen molar-refractivity contribution in [1.29, 1.82) is 5.26 Å². The fraction of sp³-hybridized carbons (Fsp3) is 0.364. The average molecular weight is 527 g/mol. The highest BCUT2D eigenvalue weighted by Gasteiger charge is 2.20. The molecule has 160 valence electrons. The molecule has 2 rings (SSSR count). The van der Waals surface area contributed by atoms with Crippen LogP contribution >= 0.6 is 22.6 Å². The van der Waals surface area contributed by atoms with E-state index in [1.54, 1.807) is 56.3 Å². The van der Waals surface area contributed by atoms with E-state index in [1.807, 2.05) is 6.07 Å². The van der Waals surface area contributed by atoms with Gasteiger partial charge in [-0.25, -0.2) is 9.18 Å². The van der Waals surface area contributed by atoms with Crippen LogP contribution in [-0.2, 0) is 16.0 Å². The quantitative estimate of drug-likeness (QED) is 0.437. The third kappa shape index (κ3) is 7.80. The number of ether oxygens (including phenoxy) is 3. The summed E-state index contributed by atoms with van der Waals surface area (Å²) in [5.74, 6) is -0.286. The SMILES string of the molecule is CC(C)O[C@@H](Cc1cccc(OC[C@H](F)COc2ccc(I)cc2C#N)c1)C(=O)O. The summed E-state index contributed by atoms with van der Waals surface area (Å²) >= 11 is 2.08. The number of aliphatic carboxylic acids is 1. The van der Waals surface area contributed by atoms with Crippen LogP contribution in [0.1, 0.15) is 25.0 Å². The predicted molar refractivity (Wildman–Crippen MR) is 118 cm³/mol. The maximum atomic E-state index is 14.2. The van der Waals surface area contributed by atoms with Crippen molar-refractivity contribution in [1.82, 2.24) is 0 Å². The smallest absolute Gasteiger partial charge is 0.333 e. The summed E-state index contributed by atoms with van der Waals surface area (Å²) in [7, 11) is 0. The van der Waals surface area contributed by atoms with Crippen molar-refractivity contribution in [2.24, 2.45) is 0 Å². The third-order valence-electron chi connectivity index (χ3n) is 3.94. The summed E-state index contributed by atoms with van der Waals surface area (Å²) in [6, 6.07) is 13.9. The Morgan fingerprint density at radius 1 is 1.20 bits per heavy atom. The Kier molecular flexibility index (Phi) is 9.33. The number of carbonyl (C=O) groups is 1. The van der Waals surface area contributed by atoms with Gasteiger partial charge in [0.05, 0.1) is 11.7 Å². The van der Waals surface area contributed by atoms with E-state index in [0.717, 1.165) is 3.57 Å². The molecule has 1 N–H and O–H groups in total. The first kappa shape index (κ1) is 23.9. The zero-order valence-corrected chi connectivity index (χ0v) is 18.8. The van der Waals surface area contributed by atoms with E-state index in [0.29, 0.717) is 22.6 Å². The lowest BCUT2D eigenvalue weighted by atomic mass is 10.1. The summed E-state index contributed by atoms with van der Waals surface area (Å²) in [5.41, 5.74) is 1.06. The molecule has 0 heterocycles. The first-order chi connectivity index (χ1) is 14.3. The minimum atomic E-state index is -1.41. The van der Waals surface area contributed by atoms with Crippen molar-refractivity contribution in [3.05, 3.63) is 57.2 Å². The van der Waals surface area contributed by atoms with Crippen molar-refractivity contribution in [3.63, 3.8) is 0 Å². The normalized spacial score (nSPS) is 12.8. The number of nitrogens with zero attached hydrogens (tertiary/aromatic N) is 1. The third-order valence-corrected chi connectivity index (χ3v) is 4.61. The van der Waals surface area contributed by atoms with Crippen LogP contribution in [0.5, 0.6) is 11.5 Å². The van der Waals surface area contributed by atoms with Gasteiger partial charge in [0.1, 0.15) is 30.8 Å². The lowest BCUT2D eigenvalue weighted by Crippen LogP contribution is -2.29. The summed E-state index contributed by atoms with van der Waals surface area (Å²) in [4.78, 5) is 11.4. The fourth-order valence-electron chi connectivity index (χ4n) is 2.63. The second kappa shape index (κ2) is 11.7. The molecule has 8 heteroatoms. The molecule has 0 amide bonds. The molecule has 2 aromatic carbocycles. The van der Waals surface area contributed by atoms with Crippen LogP contribution in [0.25, 0.3) is 0 Å². The van der Waals surface area contributed by atoms with Crippen LogP contribution in [0.15, 0.2) is 42.5 Å². The molecule has 2 atom stereocenters. The van der Waals surface area contributed by atoms with Gasteiger partial charge >= 0.3 is 5.97 Å². The molecular weight excluding hydrogens is 504 g/mol. The van der Waals surface area contributed by atoms with Crippen molar-refractivity contribution in [3.8, 4) is 17.6 Å². The van der Waals surface area contributed by atoms with Gasteiger partial charge in [0, 0.05) is 9.99 Å². The number of hydrogen-bond acceptors (Lipinski definition) is 5. The summed E-state index contributed by atoms with van der Waals surface area (Å²) < 4.78 is 31.4. The summed E-state index contributed by atoms with van der Waals surface area (Å²) in [6.07, 6.45) is -2.41. The maximum absolute atomic E-state index is 14.2. The minimum Gasteiger partial charge on any atom is -0.490 e. The van der Waals surface area contributed by atoms with E-state index in [-0.39, 0.29) is 25.7 Å². The number of nitriles is 1. The Hall–Kier alpha value is -2.38. The lowest BCUT2D eigenvalue weighted by molar-refractivity contribution is -0.153. The molecule has 0 radical (unpaired) electrons. The molecule has 2 aromatic rings. The lowest BCUT2D eigenvalue weighted by Gasteiger charge is -2.17. The van der Waals surface area contributed by atoms with Gasteiger partial charge < -0.3 is 19.3 Å². The molecule has 0 aromatic heterocycles. The van der Waals surface area contributed by atoms with E-state index in [4.69, 9.17) is 19.5 Å². The van der Waals surface area contributed by atoms with E-state index < -0.39 is 18.2 Å². The van der Waals surface area contributed by atoms with Crippen LogP contribution in [0, 0.1) is 14.9 Å². The molecule has 0 aliphatic heterocycles. The van der Waals surface area contributed by atoms with Crippen LogP contribution < -0.4 is 9.47 Å². The summed E-state index contributed by atoms with van der Waals surface area (Å²) in [6.45, 7) is 3.06. The zero-order chi connectivity index (χ0) is 22.1. The minimum absolute atomic E-state index is 0.177. The first-order valence-corrected chi connectivity index (χ1v) is 10.4. The number of benzene rings is 2. The largest absolute Gasteiger partial charge is 0.490 e. The van der Waals surface area contributed by atoms with Crippen LogP contribution in [-0.4, -0.2) is 42.7 Å². The van der Waals surface area contributed by atoms with Gasteiger partial charge in [-0.1, -0.05) is 12.1 Å². The Bertz CT molecular complexity index is 899. The van der Waals surface area contributed by atoms with Gasteiger partial charge in [-0.05, 0) is 72.3 Å². The van der Waals surface area contributed by atoms with Crippen LogP contribution in [0.3, 0.4) is 0 Å². The highest BCUT2D eigenvalue weighted by atomic mass is 127. The molecule has 0 unspecified atom stereocenters. The molecule has 0 aliphatic rings. The monoisotopic (exact) mass is 527 g/mol. The highest BCUT2D eigenvalue weighted by Crippen LogP contribution is 2.21. The Morgan fingerprint density at radius 3 is 2.60 bits per heavy atom. The van der Waals surface area contributed by atoms with E-state index >= 15 is 0 Å². The number of halogens is 2. The Balaban J connectivity index is 1.89. The molecule has 30 heavy (non-hydrogen) atoms. The summed E-state index contributed by atoms with van der Waals surface area (Å²) in [5, 5.41) is 18.4. The topological polar surface area (TPSA) is 88.8 Å². The van der Waals surface area contributed by atoms with E-state index in [2.05, 4.69) is 22.6 Å². The predicted octanol–water partition coefficient (Wildman–Crippen LogP) is 4.38. The molecule has 0 saturated heterocycles. The van der Waals surface area contributed by atoms with Crippen LogP contribution in [0.4, 0.5) is 4.39 Å². The van der Waals surface area contributed by atoms with E-state index in [1.165, 1.54) is 0 Å². The number of rotatable bonds is 11. The van der Waals surface area contributed by atoms with Gasteiger partial charge in [-0.15, -0.1) is 0 Å². The van der Waals surface area contributed by atoms with E-state index in [9.17, 15) is 14.3 Å². The number of carboxylic acids is 1. The zero-order valence-electron chi connectivity index (χ0n) is 16.7. The highest BCUT2D eigenvalue weighted by molar-refractivity contribution is 14.1. The molecule has 6 nitrogen and oxygen atoms in total. The van der Waals surface area contributed by atoms with Gasteiger partial charge in [0.15, 0.2) is 12.3 Å². The number of carboxylic acid groups (broad SMARTS) is 1. The van der Waals surface area contributed by atoms with Gasteiger partial charge in [-0.2, -0.15) is 5.26 Å². The molecule has 0 aliphatic carbocycles. The van der Waals surface area contributed by atoms with Crippen molar-refractivity contribution in [2.75, 3.05) is 13.2 Å². The Morgan fingerprint density at radius 2 is 1.93 bits per heavy atom. The molecule has 0 bridgehead atoms. The van der Waals surface area contributed by atoms with Crippen molar-refractivity contribution in [2.45, 2.75) is 38.6 Å². The molecular formula is C22H23FINO5. The average Bonchev–Trinajstić information content (AvgIpc) is 2.70. The number of hydrogen-bond donors (Lipinski definition) is 1. The van der Waals surface area contributed by atoms with Gasteiger partial charge in [0.25, 0.3) is 0 Å². The van der Waals surface area contributed by atoms with Gasteiger partial charge in [0.2, 0.25) is 0 Å². The number of alkyl halides is 1. The Labute approximate surface area is 188 Å². The maximum Gasteiger partial charge on any atom is 0.333 e. The van der Waals surface area contributed by atoms with Gasteiger partial charge in [-0.3, -0.25) is 0 Å². The molecule has 0 spiro atoms. The second-order valence-electron chi connectivity index (χ2n) is 6.83. The molecule has 0 fully saturated rings. The molecule has 0 saturated carbocycles. The fourth-order valence-corrected chi connectivity index (χ4v) is 3.12. The van der Waals surface area contributed by atoms with Crippen molar-refractivity contribution < 1.29 is 28.5 Å². The van der Waals surface area contributed by atoms with Crippen LogP contribution in [0.2, 0.25) is 0 Å². The second-order valence-corrected chi connectivity index (χ2v) is 8.08. The first-order valence-electron chi connectivity index (χ1n) is 9.35. The standard InChI is InChI=1S/C22H23FINO5/c1-14(2)30-21(22(26)27)9-15-4-3-5-19(8-15)28-12-17(23)13-29-20-7-6-18(24)10-16(20)11-25/h3-8,10,14,17,21H,9,12-13H2,1-2H3,(H,26,27)/t17-,21-/m0/s1. The van der Waals surface area contributed by atoms with Crippen molar-refractivity contribution >= 4 is 28.6 Å².